The predicted molar refractivity (Wildman–Crippen MR) is 78.2 cm³/mol. The van der Waals surface area contributed by atoms with E-state index in [1.165, 1.54) is 0 Å². The third kappa shape index (κ3) is 3.16. The maximum absolute atomic E-state index is 11.2. The van der Waals surface area contributed by atoms with E-state index in [-0.39, 0.29) is 24.2 Å². The van der Waals surface area contributed by atoms with Crippen LogP contribution >= 0.6 is 0 Å². The highest BCUT2D eigenvalue weighted by Crippen LogP contribution is 2.37. The zero-order chi connectivity index (χ0) is 14.7. The highest BCUT2D eigenvalue weighted by atomic mass is 16.6. The van der Waals surface area contributed by atoms with Gasteiger partial charge in [0.05, 0.1) is 30.2 Å². The molecule has 2 aliphatic rings. The molecule has 1 spiro atoms. The predicted octanol–water partition coefficient (Wildman–Crippen LogP) is 0.582. The Morgan fingerprint density at radius 1 is 1.67 bits per heavy atom. The minimum Gasteiger partial charge on any atom is -0.370 e. The zero-order valence-electron chi connectivity index (χ0n) is 12.2. The number of likely N-dealkylation sites (N-methyl/N-ethyl adjacent to an activating group) is 1. The van der Waals surface area contributed by atoms with Crippen molar-refractivity contribution in [3.63, 3.8) is 0 Å². The van der Waals surface area contributed by atoms with Crippen molar-refractivity contribution >= 4 is 11.6 Å². The Labute approximate surface area is 124 Å². The second kappa shape index (κ2) is 5.99. The van der Waals surface area contributed by atoms with E-state index in [1.807, 2.05) is 12.3 Å². The quantitative estimate of drug-likeness (QED) is 0.879. The molecule has 2 saturated heterocycles. The fourth-order valence-corrected chi connectivity index (χ4v) is 3.07. The molecule has 0 aromatic carbocycles. The van der Waals surface area contributed by atoms with Crippen LogP contribution in [0.2, 0.25) is 0 Å². The van der Waals surface area contributed by atoms with Gasteiger partial charge in [0.15, 0.2) is 0 Å². The summed E-state index contributed by atoms with van der Waals surface area (Å²) in [7, 11) is 1.61. The largest absolute Gasteiger partial charge is 0.370 e. The monoisotopic (exact) mass is 291 g/mol. The van der Waals surface area contributed by atoms with Gasteiger partial charge >= 0.3 is 0 Å². The molecule has 2 aliphatic heterocycles. The van der Waals surface area contributed by atoms with Crippen molar-refractivity contribution in [2.45, 2.75) is 24.5 Å². The van der Waals surface area contributed by atoms with Crippen LogP contribution in [-0.2, 0) is 14.3 Å². The second-order valence-corrected chi connectivity index (χ2v) is 5.69. The van der Waals surface area contributed by atoms with Crippen LogP contribution in [0.5, 0.6) is 0 Å². The molecule has 1 aromatic rings. The molecule has 2 atom stereocenters. The number of carbonyl (C=O) groups excluding carboxylic acids is 1. The van der Waals surface area contributed by atoms with Gasteiger partial charge in [-0.3, -0.25) is 9.78 Å². The van der Waals surface area contributed by atoms with Crippen molar-refractivity contribution in [3.8, 4) is 0 Å². The number of nitrogens with one attached hydrogen (secondary N) is 1. The normalized spacial score (nSPS) is 28.2. The number of aromatic nitrogens is 1. The van der Waals surface area contributed by atoms with Gasteiger partial charge in [-0.1, -0.05) is 0 Å². The zero-order valence-corrected chi connectivity index (χ0v) is 12.2. The van der Waals surface area contributed by atoms with E-state index in [1.54, 1.807) is 13.2 Å². The first-order valence-corrected chi connectivity index (χ1v) is 7.32. The molecule has 2 fully saturated rings. The van der Waals surface area contributed by atoms with Crippen LogP contribution in [0.3, 0.4) is 0 Å². The number of hydrogen-bond acceptors (Lipinski definition) is 5. The number of amides is 1. The third-order valence-corrected chi connectivity index (χ3v) is 4.23. The Morgan fingerprint density at radius 3 is 3.33 bits per heavy atom. The van der Waals surface area contributed by atoms with Gasteiger partial charge in [0, 0.05) is 32.8 Å². The van der Waals surface area contributed by atoms with Gasteiger partial charge in [0.25, 0.3) is 0 Å². The number of hydrogen-bond donors (Lipinski definition) is 1. The van der Waals surface area contributed by atoms with Gasteiger partial charge in [-0.05, 0) is 18.6 Å². The molecule has 21 heavy (non-hydrogen) atoms. The minimum atomic E-state index is -0.136. The molecule has 0 bridgehead atoms. The van der Waals surface area contributed by atoms with E-state index in [0.717, 1.165) is 31.6 Å². The van der Waals surface area contributed by atoms with Crippen molar-refractivity contribution < 1.29 is 14.3 Å². The maximum atomic E-state index is 11.2. The Hall–Kier alpha value is -1.66. The Bertz CT molecular complexity index is 496. The van der Waals surface area contributed by atoms with Crippen molar-refractivity contribution in [1.82, 2.24) is 10.3 Å². The summed E-state index contributed by atoms with van der Waals surface area (Å²) in [6.07, 6.45) is 5.51. The summed E-state index contributed by atoms with van der Waals surface area (Å²) in [6.45, 7) is 2.50. The van der Waals surface area contributed by atoms with E-state index in [4.69, 9.17) is 9.47 Å². The summed E-state index contributed by atoms with van der Waals surface area (Å²) in [4.78, 5) is 17.7. The number of carbonyl (C=O) groups is 1. The molecule has 3 rings (SSSR count). The number of anilines is 1. The molecule has 114 valence electrons. The van der Waals surface area contributed by atoms with Crippen LogP contribution in [0.15, 0.2) is 24.5 Å². The summed E-state index contributed by atoms with van der Waals surface area (Å²) >= 11 is 0. The van der Waals surface area contributed by atoms with Crippen LogP contribution in [-0.4, -0.2) is 55.9 Å². The standard InChI is InChI=1S/C15H21N3O3/c1-16-14(19)10-20-13-7-15(21-9-13)4-6-18(11-15)12-3-2-5-17-8-12/h2-3,5,8,13H,4,6-7,9-11H2,1H3,(H,16,19)/t13-,15+/m1/s1. The SMILES string of the molecule is CNC(=O)CO[C@H]1CO[C@@]2(CCN(c3cccnc3)C2)C1. The molecule has 0 unspecified atom stereocenters. The summed E-state index contributed by atoms with van der Waals surface area (Å²) in [5, 5.41) is 2.56. The van der Waals surface area contributed by atoms with E-state index >= 15 is 0 Å². The number of nitrogens with zero attached hydrogens (tertiary/aromatic N) is 2. The van der Waals surface area contributed by atoms with Gasteiger partial charge in [-0.15, -0.1) is 0 Å². The molecular weight excluding hydrogens is 270 g/mol. The van der Waals surface area contributed by atoms with Gasteiger partial charge in [-0.2, -0.15) is 0 Å². The molecule has 6 nitrogen and oxygen atoms in total. The Kier molecular flexibility index (Phi) is 4.07. The minimum absolute atomic E-state index is 0.0103. The fraction of sp³-hybridized carbons (Fsp3) is 0.600. The molecule has 0 radical (unpaired) electrons. The molecule has 1 aromatic heterocycles. The van der Waals surface area contributed by atoms with Crippen molar-refractivity contribution in [1.29, 1.82) is 0 Å². The first-order valence-electron chi connectivity index (χ1n) is 7.32. The van der Waals surface area contributed by atoms with E-state index in [0.29, 0.717) is 6.61 Å². The van der Waals surface area contributed by atoms with E-state index < -0.39 is 0 Å². The number of ether oxygens (including phenoxy) is 2. The molecule has 0 aliphatic carbocycles. The van der Waals surface area contributed by atoms with Crippen LogP contribution in [0, 0.1) is 0 Å². The first kappa shape index (κ1) is 14.3. The third-order valence-electron chi connectivity index (χ3n) is 4.23. The molecular formula is C15H21N3O3. The summed E-state index contributed by atoms with van der Waals surface area (Å²) in [6, 6.07) is 4.02. The number of rotatable bonds is 4. The molecule has 6 heteroatoms. The van der Waals surface area contributed by atoms with Gasteiger partial charge in [0.1, 0.15) is 6.61 Å². The lowest BCUT2D eigenvalue weighted by molar-refractivity contribution is -0.127. The van der Waals surface area contributed by atoms with Crippen LogP contribution in [0.25, 0.3) is 0 Å². The average molecular weight is 291 g/mol. The smallest absolute Gasteiger partial charge is 0.245 e. The number of pyridine rings is 1. The van der Waals surface area contributed by atoms with Gasteiger partial charge in [0.2, 0.25) is 5.91 Å². The Balaban J connectivity index is 1.55. The lowest BCUT2D eigenvalue weighted by Crippen LogP contribution is -2.33. The molecule has 0 saturated carbocycles. The summed E-state index contributed by atoms with van der Waals surface area (Å²) in [5.74, 6) is -0.0978. The van der Waals surface area contributed by atoms with Crippen molar-refractivity contribution in [2.75, 3.05) is 38.3 Å². The van der Waals surface area contributed by atoms with E-state index in [2.05, 4.69) is 21.3 Å². The highest BCUT2D eigenvalue weighted by Gasteiger charge is 2.46. The average Bonchev–Trinajstić information content (AvgIpc) is 3.13. The molecule has 1 N–H and O–H groups in total. The van der Waals surface area contributed by atoms with Crippen LogP contribution in [0.1, 0.15) is 12.8 Å². The fourth-order valence-electron chi connectivity index (χ4n) is 3.07. The van der Waals surface area contributed by atoms with Crippen LogP contribution < -0.4 is 10.2 Å². The van der Waals surface area contributed by atoms with Crippen molar-refractivity contribution in [3.05, 3.63) is 24.5 Å². The summed E-state index contributed by atoms with van der Waals surface area (Å²) in [5.41, 5.74) is 0.996. The van der Waals surface area contributed by atoms with Gasteiger partial charge in [-0.25, -0.2) is 0 Å². The maximum Gasteiger partial charge on any atom is 0.245 e. The van der Waals surface area contributed by atoms with Gasteiger partial charge < -0.3 is 19.7 Å². The van der Waals surface area contributed by atoms with Crippen LogP contribution in [0.4, 0.5) is 5.69 Å². The molecule has 1 amide bonds. The second-order valence-electron chi connectivity index (χ2n) is 5.69. The lowest BCUT2D eigenvalue weighted by Gasteiger charge is -2.24. The van der Waals surface area contributed by atoms with Crippen molar-refractivity contribution in [2.24, 2.45) is 0 Å². The lowest BCUT2D eigenvalue weighted by atomic mass is 9.98. The Morgan fingerprint density at radius 2 is 2.57 bits per heavy atom. The first-order chi connectivity index (χ1) is 10.2. The molecule has 3 heterocycles. The summed E-state index contributed by atoms with van der Waals surface area (Å²) < 4.78 is 11.6. The topological polar surface area (TPSA) is 63.7 Å². The highest BCUT2D eigenvalue weighted by molar-refractivity contribution is 5.76. The van der Waals surface area contributed by atoms with E-state index in [9.17, 15) is 4.79 Å².